The van der Waals surface area contributed by atoms with Crippen LogP contribution in [0.1, 0.15) is 0 Å². The van der Waals surface area contributed by atoms with Crippen molar-refractivity contribution in [3.8, 4) is 0 Å². The Morgan fingerprint density at radius 2 is 1.73 bits per heavy atom. The summed E-state index contributed by atoms with van der Waals surface area (Å²) in [6.07, 6.45) is 3.68. The molecule has 1 heteroatoms. The molecule has 2 rings (SSSR count). The molecule has 1 aliphatic carbocycles. The van der Waals surface area contributed by atoms with E-state index >= 15 is 0 Å². The van der Waals surface area contributed by atoms with Gasteiger partial charge in [-0.1, -0.05) is 0 Å². The highest BCUT2D eigenvalue weighted by Gasteiger charge is 1.86. The van der Waals surface area contributed by atoms with Crippen LogP contribution in [0.3, 0.4) is 0 Å². The second kappa shape index (κ2) is 2.17. The van der Waals surface area contributed by atoms with E-state index in [1.54, 1.807) is 0 Å². The summed E-state index contributed by atoms with van der Waals surface area (Å²) < 4.78 is 0. The maximum absolute atomic E-state index is 5.59. The van der Waals surface area contributed by atoms with Gasteiger partial charge in [0.2, 0.25) is 0 Å². The zero-order valence-corrected chi connectivity index (χ0v) is 5.96. The van der Waals surface area contributed by atoms with Crippen LogP contribution in [0.5, 0.6) is 0 Å². The Morgan fingerprint density at radius 3 is 2.55 bits per heavy atom. The van der Waals surface area contributed by atoms with Crippen molar-refractivity contribution in [2.75, 3.05) is 5.73 Å². The van der Waals surface area contributed by atoms with Crippen molar-refractivity contribution in [2.24, 2.45) is 0 Å². The van der Waals surface area contributed by atoms with E-state index in [0.29, 0.717) is 0 Å². The molecule has 0 unspecified atom stereocenters. The highest BCUT2D eigenvalue weighted by molar-refractivity contribution is 5.46. The fourth-order valence-electron chi connectivity index (χ4n) is 1.07. The number of hydrogen-bond donors (Lipinski definition) is 1. The maximum Gasteiger partial charge on any atom is 0.0335 e. The third-order valence-corrected chi connectivity index (χ3v) is 1.60. The zero-order valence-electron chi connectivity index (χ0n) is 5.96. The van der Waals surface area contributed by atoms with E-state index in [-0.39, 0.29) is 0 Å². The second-order valence-electron chi connectivity index (χ2n) is 2.43. The van der Waals surface area contributed by atoms with E-state index in [1.807, 2.05) is 30.4 Å². The molecule has 0 aliphatic heterocycles. The molecular formula is C10H7N. The van der Waals surface area contributed by atoms with Gasteiger partial charge in [-0.05, 0) is 30.4 Å². The lowest BCUT2D eigenvalue weighted by Gasteiger charge is -1.90. The second-order valence-corrected chi connectivity index (χ2v) is 2.43. The molecule has 0 heterocycles. The van der Waals surface area contributed by atoms with E-state index < -0.39 is 0 Å². The molecule has 2 N–H and O–H groups in total. The van der Waals surface area contributed by atoms with Crippen molar-refractivity contribution < 1.29 is 0 Å². The van der Waals surface area contributed by atoms with Crippen LogP contribution in [0.15, 0.2) is 30.4 Å². The average Bonchev–Trinajstić information content (AvgIpc) is 2.04. The number of allylic oxidation sites excluding steroid dienone is 2. The van der Waals surface area contributed by atoms with E-state index in [2.05, 4.69) is 11.5 Å². The molecule has 1 aliphatic rings. The minimum Gasteiger partial charge on any atom is -0.399 e. The Kier molecular flexibility index (Phi) is 1.20. The van der Waals surface area contributed by atoms with Gasteiger partial charge < -0.3 is 5.73 Å². The lowest BCUT2D eigenvalue weighted by Crippen LogP contribution is -2.23. The monoisotopic (exact) mass is 141 g/mol. The number of anilines is 1. The summed E-state index contributed by atoms with van der Waals surface area (Å²) >= 11 is 0. The van der Waals surface area contributed by atoms with E-state index in [0.717, 1.165) is 16.1 Å². The number of rotatable bonds is 0. The summed E-state index contributed by atoms with van der Waals surface area (Å²) in [5.74, 6) is 0. The standard InChI is InChI=1S/C10H7N/c11-10-6-5-8-3-1-2-4-9(8)7-10/h1-2,5-7H,11H2. The van der Waals surface area contributed by atoms with Gasteiger partial charge in [-0.2, -0.15) is 0 Å². The molecule has 0 saturated carbocycles. The summed E-state index contributed by atoms with van der Waals surface area (Å²) in [5.41, 5.74) is 12.5. The molecule has 0 spiro atoms. The van der Waals surface area contributed by atoms with Gasteiger partial charge in [-0.25, -0.2) is 0 Å². The van der Waals surface area contributed by atoms with Crippen LogP contribution in [-0.4, -0.2) is 0 Å². The van der Waals surface area contributed by atoms with Crippen molar-refractivity contribution in [1.29, 1.82) is 0 Å². The van der Waals surface area contributed by atoms with E-state index in [4.69, 9.17) is 5.73 Å². The SMILES string of the molecule is Nc1ccc2c(c1)=C=CC=C=2. The minimum absolute atomic E-state index is 0.772. The first-order chi connectivity index (χ1) is 5.36. The predicted molar refractivity (Wildman–Crippen MR) is 46.1 cm³/mol. The van der Waals surface area contributed by atoms with Crippen molar-refractivity contribution >= 4 is 17.1 Å². The average molecular weight is 141 g/mol. The first kappa shape index (κ1) is 6.06. The molecule has 11 heavy (non-hydrogen) atoms. The minimum atomic E-state index is 0.772. The van der Waals surface area contributed by atoms with Crippen LogP contribution in [0.4, 0.5) is 5.69 Å². The molecule has 0 amide bonds. The first-order valence-electron chi connectivity index (χ1n) is 3.44. The molecule has 0 saturated heterocycles. The van der Waals surface area contributed by atoms with Crippen LogP contribution in [0, 0.1) is 0 Å². The number of nitrogen functional groups attached to an aromatic ring is 1. The molecule has 0 fully saturated rings. The number of fused-ring (bicyclic) bond motifs is 1. The zero-order chi connectivity index (χ0) is 7.68. The summed E-state index contributed by atoms with van der Waals surface area (Å²) in [7, 11) is 0. The van der Waals surface area contributed by atoms with Crippen molar-refractivity contribution in [1.82, 2.24) is 0 Å². The normalized spacial score (nSPS) is 11.6. The summed E-state index contributed by atoms with van der Waals surface area (Å²) in [5, 5.41) is 2.08. The highest BCUT2D eigenvalue weighted by atomic mass is 14.5. The molecule has 0 aromatic heterocycles. The molecule has 0 bridgehead atoms. The Morgan fingerprint density at radius 1 is 1.00 bits per heavy atom. The Labute approximate surface area is 64.5 Å². The van der Waals surface area contributed by atoms with Crippen LogP contribution in [0.2, 0.25) is 0 Å². The quantitative estimate of drug-likeness (QED) is 0.511. The van der Waals surface area contributed by atoms with E-state index in [9.17, 15) is 0 Å². The summed E-state index contributed by atoms with van der Waals surface area (Å²) in [6, 6.07) is 5.71. The number of nitrogens with two attached hydrogens (primary N) is 1. The van der Waals surface area contributed by atoms with Crippen molar-refractivity contribution in [2.45, 2.75) is 0 Å². The highest BCUT2D eigenvalue weighted by Crippen LogP contribution is 1.90. The van der Waals surface area contributed by atoms with Crippen LogP contribution < -0.4 is 16.2 Å². The Balaban J connectivity index is 3.05. The molecule has 1 aromatic rings. The van der Waals surface area contributed by atoms with Gasteiger partial charge in [0.25, 0.3) is 0 Å². The maximum atomic E-state index is 5.59. The van der Waals surface area contributed by atoms with Gasteiger partial charge in [0, 0.05) is 16.1 Å². The largest absolute Gasteiger partial charge is 0.399 e. The summed E-state index contributed by atoms with van der Waals surface area (Å²) in [4.78, 5) is 0. The van der Waals surface area contributed by atoms with Gasteiger partial charge >= 0.3 is 0 Å². The molecule has 1 aromatic carbocycles. The Hall–Kier alpha value is -1.68. The fraction of sp³-hybridized carbons (Fsp3) is 0. The van der Waals surface area contributed by atoms with Crippen LogP contribution in [-0.2, 0) is 0 Å². The third-order valence-electron chi connectivity index (χ3n) is 1.60. The lowest BCUT2D eigenvalue weighted by molar-refractivity contribution is 1.52. The van der Waals surface area contributed by atoms with Crippen molar-refractivity contribution in [3.63, 3.8) is 0 Å². The molecule has 0 radical (unpaired) electrons. The van der Waals surface area contributed by atoms with Gasteiger partial charge in [-0.3, -0.25) is 0 Å². The molecule has 0 atom stereocenters. The fourth-order valence-corrected chi connectivity index (χ4v) is 1.07. The van der Waals surface area contributed by atoms with Crippen LogP contribution in [0.25, 0.3) is 11.5 Å². The number of hydrogen-bond acceptors (Lipinski definition) is 1. The first-order valence-corrected chi connectivity index (χ1v) is 3.44. The van der Waals surface area contributed by atoms with Gasteiger partial charge in [-0.15, -0.1) is 11.5 Å². The Bertz CT molecular complexity index is 470. The lowest BCUT2D eigenvalue weighted by atomic mass is 10.2. The predicted octanol–water partition coefficient (Wildman–Crippen LogP) is 0.154. The third kappa shape index (κ3) is 0.990. The van der Waals surface area contributed by atoms with Gasteiger partial charge in [0.15, 0.2) is 0 Å². The topological polar surface area (TPSA) is 26.0 Å². The smallest absolute Gasteiger partial charge is 0.0335 e. The summed E-state index contributed by atoms with van der Waals surface area (Å²) in [6.45, 7) is 0. The van der Waals surface area contributed by atoms with E-state index in [1.165, 1.54) is 0 Å². The van der Waals surface area contributed by atoms with Crippen molar-refractivity contribution in [3.05, 3.63) is 40.8 Å². The van der Waals surface area contributed by atoms with Gasteiger partial charge in [0.05, 0.1) is 0 Å². The molecule has 52 valence electrons. The molecule has 1 nitrogen and oxygen atoms in total. The number of benzene rings is 1. The van der Waals surface area contributed by atoms with Crippen LogP contribution >= 0.6 is 0 Å². The van der Waals surface area contributed by atoms with Gasteiger partial charge in [0.1, 0.15) is 0 Å². The molecular weight excluding hydrogens is 134 g/mol.